The van der Waals surface area contributed by atoms with Crippen LogP contribution in [-0.2, 0) is 10.0 Å². The van der Waals surface area contributed by atoms with E-state index in [4.69, 9.17) is 0 Å². The molecule has 1 saturated heterocycles. The molecule has 0 saturated carbocycles. The fourth-order valence-electron chi connectivity index (χ4n) is 3.26. The number of allylic oxidation sites excluding steroid dienone is 2. The SMILES string of the molecule is CS(=O)(=O)Nc1ccc(C(=O)N2CC3CC=CCC3C2)cc1. The van der Waals surface area contributed by atoms with Crippen LogP contribution < -0.4 is 4.72 Å². The van der Waals surface area contributed by atoms with Gasteiger partial charge in [-0.15, -0.1) is 0 Å². The number of hydrogen-bond acceptors (Lipinski definition) is 3. The molecule has 0 aromatic heterocycles. The molecule has 22 heavy (non-hydrogen) atoms. The predicted molar refractivity (Wildman–Crippen MR) is 86.2 cm³/mol. The maximum atomic E-state index is 12.6. The number of nitrogens with one attached hydrogen (secondary N) is 1. The predicted octanol–water partition coefficient (Wildman–Crippen LogP) is 2.10. The van der Waals surface area contributed by atoms with E-state index < -0.39 is 10.0 Å². The van der Waals surface area contributed by atoms with Crippen molar-refractivity contribution in [2.75, 3.05) is 24.1 Å². The maximum Gasteiger partial charge on any atom is 0.253 e. The lowest BCUT2D eigenvalue weighted by molar-refractivity contribution is 0.0784. The van der Waals surface area contributed by atoms with Crippen LogP contribution in [0.25, 0.3) is 0 Å². The number of anilines is 1. The van der Waals surface area contributed by atoms with Gasteiger partial charge in [0.25, 0.3) is 5.91 Å². The van der Waals surface area contributed by atoms with Crippen molar-refractivity contribution < 1.29 is 13.2 Å². The van der Waals surface area contributed by atoms with Gasteiger partial charge < -0.3 is 4.90 Å². The quantitative estimate of drug-likeness (QED) is 0.867. The van der Waals surface area contributed by atoms with Gasteiger partial charge in [-0.3, -0.25) is 9.52 Å². The Kier molecular flexibility index (Phi) is 3.95. The number of amides is 1. The number of hydrogen-bond donors (Lipinski definition) is 1. The highest BCUT2D eigenvalue weighted by atomic mass is 32.2. The Morgan fingerprint density at radius 2 is 1.64 bits per heavy atom. The van der Waals surface area contributed by atoms with Crippen molar-refractivity contribution in [3.05, 3.63) is 42.0 Å². The number of carbonyl (C=O) groups excluding carboxylic acids is 1. The summed E-state index contributed by atoms with van der Waals surface area (Å²) in [6.45, 7) is 1.63. The van der Waals surface area contributed by atoms with Crippen LogP contribution in [0.1, 0.15) is 23.2 Å². The molecule has 0 spiro atoms. The molecule has 6 heteroatoms. The van der Waals surface area contributed by atoms with E-state index in [1.165, 1.54) is 0 Å². The minimum absolute atomic E-state index is 0.0281. The van der Waals surface area contributed by atoms with E-state index in [1.807, 2.05) is 4.90 Å². The number of sulfonamides is 1. The zero-order valence-corrected chi connectivity index (χ0v) is 13.3. The third kappa shape index (κ3) is 3.32. The molecule has 2 aliphatic rings. The van der Waals surface area contributed by atoms with E-state index in [9.17, 15) is 13.2 Å². The molecule has 1 N–H and O–H groups in total. The van der Waals surface area contributed by atoms with Gasteiger partial charge in [0.15, 0.2) is 0 Å². The minimum Gasteiger partial charge on any atom is -0.338 e. The summed E-state index contributed by atoms with van der Waals surface area (Å²) >= 11 is 0. The second kappa shape index (κ2) is 5.76. The second-order valence-electron chi connectivity index (χ2n) is 6.12. The van der Waals surface area contributed by atoms with E-state index in [0.717, 1.165) is 32.2 Å². The van der Waals surface area contributed by atoms with Crippen molar-refractivity contribution in [1.29, 1.82) is 0 Å². The van der Waals surface area contributed by atoms with Crippen LogP contribution in [0.4, 0.5) is 5.69 Å². The number of likely N-dealkylation sites (tertiary alicyclic amines) is 1. The summed E-state index contributed by atoms with van der Waals surface area (Å²) < 4.78 is 24.8. The van der Waals surface area contributed by atoms with Crippen LogP contribution >= 0.6 is 0 Å². The largest absolute Gasteiger partial charge is 0.338 e. The first kappa shape index (κ1) is 15.1. The topological polar surface area (TPSA) is 66.5 Å². The van der Waals surface area contributed by atoms with Gasteiger partial charge >= 0.3 is 0 Å². The molecule has 3 rings (SSSR count). The molecule has 118 valence electrons. The zero-order chi connectivity index (χ0) is 15.7. The first-order valence-corrected chi connectivity index (χ1v) is 9.33. The monoisotopic (exact) mass is 320 g/mol. The van der Waals surface area contributed by atoms with Crippen molar-refractivity contribution in [2.24, 2.45) is 11.8 Å². The molecule has 1 heterocycles. The molecule has 1 aromatic carbocycles. The number of carbonyl (C=O) groups is 1. The Bertz CT molecular complexity index is 679. The fourth-order valence-corrected chi connectivity index (χ4v) is 3.82. The molecule has 0 bridgehead atoms. The van der Waals surface area contributed by atoms with Crippen LogP contribution in [0.15, 0.2) is 36.4 Å². The fraction of sp³-hybridized carbons (Fsp3) is 0.438. The summed E-state index contributed by atoms with van der Waals surface area (Å²) in [6, 6.07) is 6.60. The normalized spacial score (nSPS) is 24.1. The number of rotatable bonds is 3. The van der Waals surface area contributed by atoms with E-state index >= 15 is 0 Å². The lowest BCUT2D eigenvalue weighted by Gasteiger charge is -2.17. The van der Waals surface area contributed by atoms with Gasteiger partial charge in [0.2, 0.25) is 10.0 Å². The van der Waals surface area contributed by atoms with Crippen molar-refractivity contribution >= 4 is 21.6 Å². The van der Waals surface area contributed by atoms with E-state index in [0.29, 0.717) is 23.1 Å². The van der Waals surface area contributed by atoms with Crippen LogP contribution in [0, 0.1) is 11.8 Å². The van der Waals surface area contributed by atoms with Gasteiger partial charge in [-0.05, 0) is 48.9 Å². The average molecular weight is 320 g/mol. The number of benzene rings is 1. The second-order valence-corrected chi connectivity index (χ2v) is 7.87. The smallest absolute Gasteiger partial charge is 0.253 e. The summed E-state index contributed by atoms with van der Waals surface area (Å²) in [5, 5.41) is 0. The highest BCUT2D eigenvalue weighted by Crippen LogP contribution is 2.33. The highest BCUT2D eigenvalue weighted by molar-refractivity contribution is 7.92. The molecular weight excluding hydrogens is 300 g/mol. The standard InChI is InChI=1S/C16H20N2O3S/c1-22(20,21)17-15-8-6-12(7-9-15)16(19)18-10-13-4-2-3-5-14(13)11-18/h2-3,6-9,13-14,17H,4-5,10-11H2,1H3. The summed E-state index contributed by atoms with van der Waals surface area (Å²) in [7, 11) is -3.29. The van der Waals surface area contributed by atoms with Crippen LogP contribution in [0.5, 0.6) is 0 Å². The Hall–Kier alpha value is -1.82. The van der Waals surface area contributed by atoms with Crippen LogP contribution in [0.2, 0.25) is 0 Å². The average Bonchev–Trinajstić information content (AvgIpc) is 2.89. The summed E-state index contributed by atoms with van der Waals surface area (Å²) in [5.74, 6) is 1.19. The summed E-state index contributed by atoms with van der Waals surface area (Å²) in [5.41, 5.74) is 1.07. The van der Waals surface area contributed by atoms with E-state index in [1.54, 1.807) is 24.3 Å². The van der Waals surface area contributed by atoms with Gasteiger partial charge in [-0.1, -0.05) is 12.2 Å². The molecule has 2 atom stereocenters. The highest BCUT2D eigenvalue weighted by Gasteiger charge is 2.35. The van der Waals surface area contributed by atoms with Gasteiger partial charge in [0, 0.05) is 24.3 Å². The van der Waals surface area contributed by atoms with E-state index in [-0.39, 0.29) is 5.91 Å². The van der Waals surface area contributed by atoms with Gasteiger partial charge in [-0.2, -0.15) is 0 Å². The van der Waals surface area contributed by atoms with Crippen LogP contribution in [-0.4, -0.2) is 38.6 Å². The molecule has 1 amide bonds. The maximum absolute atomic E-state index is 12.6. The molecule has 1 aliphatic heterocycles. The lowest BCUT2D eigenvalue weighted by atomic mass is 9.86. The van der Waals surface area contributed by atoms with Crippen molar-refractivity contribution in [2.45, 2.75) is 12.8 Å². The number of fused-ring (bicyclic) bond motifs is 1. The summed E-state index contributed by atoms with van der Waals surface area (Å²) in [6.07, 6.45) is 7.64. The molecule has 1 aliphatic carbocycles. The Labute approximate surface area is 131 Å². The van der Waals surface area contributed by atoms with Crippen molar-refractivity contribution in [3.8, 4) is 0 Å². The first-order chi connectivity index (χ1) is 10.4. The molecule has 1 fully saturated rings. The van der Waals surface area contributed by atoms with Gasteiger partial charge in [0.05, 0.1) is 6.26 Å². The Morgan fingerprint density at radius 1 is 1.09 bits per heavy atom. The van der Waals surface area contributed by atoms with Crippen molar-refractivity contribution in [1.82, 2.24) is 4.90 Å². The summed E-state index contributed by atoms with van der Waals surface area (Å²) in [4.78, 5) is 14.5. The van der Waals surface area contributed by atoms with E-state index in [2.05, 4.69) is 16.9 Å². The van der Waals surface area contributed by atoms with Crippen LogP contribution in [0.3, 0.4) is 0 Å². The zero-order valence-electron chi connectivity index (χ0n) is 12.5. The molecule has 2 unspecified atom stereocenters. The molecule has 0 radical (unpaired) electrons. The first-order valence-electron chi connectivity index (χ1n) is 7.44. The number of nitrogens with zero attached hydrogens (tertiary/aromatic N) is 1. The minimum atomic E-state index is -3.29. The Morgan fingerprint density at radius 3 is 2.14 bits per heavy atom. The molecular formula is C16H20N2O3S. The Balaban J connectivity index is 1.68. The lowest BCUT2D eigenvalue weighted by Crippen LogP contribution is -2.29. The van der Waals surface area contributed by atoms with Gasteiger partial charge in [-0.25, -0.2) is 8.42 Å². The van der Waals surface area contributed by atoms with Gasteiger partial charge in [0.1, 0.15) is 0 Å². The third-order valence-electron chi connectivity index (χ3n) is 4.34. The molecule has 5 nitrogen and oxygen atoms in total. The third-order valence-corrected chi connectivity index (χ3v) is 4.95. The van der Waals surface area contributed by atoms with Crippen molar-refractivity contribution in [3.63, 3.8) is 0 Å². The molecule has 1 aromatic rings.